The quantitative estimate of drug-likeness (QED) is 0.788. The molecule has 0 saturated carbocycles. The van der Waals surface area contributed by atoms with Gasteiger partial charge < -0.3 is 5.11 Å². The summed E-state index contributed by atoms with van der Waals surface area (Å²) >= 11 is 0. The molecule has 1 aliphatic carbocycles. The topological polar surface area (TPSA) is 37.3 Å². The fourth-order valence-electron chi connectivity index (χ4n) is 2.49. The number of carbonyl (C=O) groups is 1. The van der Waals surface area contributed by atoms with Gasteiger partial charge in [-0.05, 0) is 18.4 Å². The number of carboxylic acid groups (broad SMARTS) is 1. The summed E-state index contributed by atoms with van der Waals surface area (Å²) in [6.07, 6.45) is 4.24. The third-order valence-electron chi connectivity index (χ3n) is 3.50. The molecule has 1 unspecified atom stereocenters. The van der Waals surface area contributed by atoms with Crippen molar-refractivity contribution >= 4 is 5.97 Å². The van der Waals surface area contributed by atoms with Crippen LogP contribution in [0.3, 0.4) is 0 Å². The fourth-order valence-corrected chi connectivity index (χ4v) is 2.49. The monoisotopic (exact) mass is 216 g/mol. The zero-order chi connectivity index (χ0) is 11.6. The minimum Gasteiger partial charge on any atom is -0.481 e. The molecule has 1 aliphatic rings. The highest BCUT2D eigenvalue weighted by atomic mass is 16.4. The second-order valence-corrected chi connectivity index (χ2v) is 4.54. The lowest BCUT2D eigenvalue weighted by molar-refractivity contribution is -0.136. The molecule has 1 aromatic rings. The molecule has 0 fully saturated rings. The van der Waals surface area contributed by atoms with Crippen molar-refractivity contribution in [3.05, 3.63) is 47.5 Å². The van der Waals surface area contributed by atoms with Crippen LogP contribution < -0.4 is 0 Å². The predicted molar refractivity (Wildman–Crippen MR) is 63.4 cm³/mol. The van der Waals surface area contributed by atoms with Gasteiger partial charge in [-0.15, -0.1) is 0 Å². The van der Waals surface area contributed by atoms with E-state index in [1.54, 1.807) is 0 Å². The lowest BCUT2D eigenvalue weighted by Crippen LogP contribution is -2.22. The van der Waals surface area contributed by atoms with Gasteiger partial charge in [-0.25, -0.2) is 0 Å². The molecule has 0 bridgehead atoms. The van der Waals surface area contributed by atoms with Gasteiger partial charge in [0.2, 0.25) is 0 Å². The molecule has 1 N–H and O–H groups in total. The van der Waals surface area contributed by atoms with Crippen molar-refractivity contribution in [3.8, 4) is 0 Å². The summed E-state index contributed by atoms with van der Waals surface area (Å²) in [6.45, 7) is 2.14. The first-order valence-electron chi connectivity index (χ1n) is 5.60. The van der Waals surface area contributed by atoms with E-state index >= 15 is 0 Å². The molecule has 84 valence electrons. The normalized spacial score (nSPS) is 24.2. The number of aliphatic carboxylic acids is 1. The molecule has 0 aliphatic heterocycles. The van der Waals surface area contributed by atoms with Crippen molar-refractivity contribution in [2.24, 2.45) is 0 Å². The molecule has 0 radical (unpaired) electrons. The second kappa shape index (κ2) is 4.12. The van der Waals surface area contributed by atoms with Crippen molar-refractivity contribution in [1.82, 2.24) is 0 Å². The summed E-state index contributed by atoms with van der Waals surface area (Å²) in [5, 5.41) is 8.91. The van der Waals surface area contributed by atoms with Crippen LogP contribution in [0.25, 0.3) is 0 Å². The number of hydrogen-bond acceptors (Lipinski definition) is 1. The van der Waals surface area contributed by atoms with Gasteiger partial charge in [0.25, 0.3) is 0 Å². The number of allylic oxidation sites excluding steroid dienone is 1. The summed E-state index contributed by atoms with van der Waals surface area (Å²) in [7, 11) is 0. The van der Waals surface area contributed by atoms with Gasteiger partial charge in [0.05, 0.1) is 6.42 Å². The van der Waals surface area contributed by atoms with Crippen LogP contribution in [0.1, 0.15) is 31.7 Å². The molecular weight excluding hydrogens is 200 g/mol. The Morgan fingerprint density at radius 3 is 2.69 bits per heavy atom. The predicted octanol–water partition coefficient (Wildman–Crippen LogP) is 3.14. The first kappa shape index (κ1) is 10.9. The van der Waals surface area contributed by atoms with Crippen LogP contribution in [0.5, 0.6) is 0 Å². The highest BCUT2D eigenvalue weighted by Gasteiger charge is 2.34. The molecule has 0 amide bonds. The molecular formula is C14H16O2. The molecule has 1 atom stereocenters. The van der Waals surface area contributed by atoms with E-state index in [0.717, 1.165) is 18.4 Å². The Bertz CT molecular complexity index is 420. The van der Waals surface area contributed by atoms with E-state index in [-0.39, 0.29) is 11.8 Å². The minimum atomic E-state index is -0.740. The molecule has 0 saturated heterocycles. The van der Waals surface area contributed by atoms with Crippen molar-refractivity contribution in [1.29, 1.82) is 0 Å². The van der Waals surface area contributed by atoms with Gasteiger partial charge in [0.1, 0.15) is 0 Å². The fraction of sp³-hybridized carbons (Fsp3) is 0.357. The molecule has 2 nitrogen and oxygen atoms in total. The Morgan fingerprint density at radius 1 is 1.38 bits per heavy atom. The molecule has 2 heteroatoms. The van der Waals surface area contributed by atoms with Crippen LogP contribution in [0.15, 0.2) is 42.0 Å². The van der Waals surface area contributed by atoms with Crippen LogP contribution in [-0.4, -0.2) is 11.1 Å². The van der Waals surface area contributed by atoms with E-state index < -0.39 is 5.97 Å². The zero-order valence-corrected chi connectivity index (χ0v) is 9.44. The maximum absolute atomic E-state index is 10.8. The third kappa shape index (κ3) is 1.87. The van der Waals surface area contributed by atoms with Crippen molar-refractivity contribution in [3.63, 3.8) is 0 Å². The summed E-state index contributed by atoms with van der Waals surface area (Å²) in [6, 6.07) is 10.2. The number of benzene rings is 1. The first-order valence-corrected chi connectivity index (χ1v) is 5.60. The van der Waals surface area contributed by atoms with Gasteiger partial charge in [-0.2, -0.15) is 0 Å². The molecule has 1 aromatic carbocycles. The summed E-state index contributed by atoms with van der Waals surface area (Å²) < 4.78 is 0. The Kier molecular flexibility index (Phi) is 2.82. The SMILES string of the molecule is CC1(c2ccccc2)CCC=C1CC(=O)O. The third-order valence-corrected chi connectivity index (χ3v) is 3.50. The highest BCUT2D eigenvalue weighted by Crippen LogP contribution is 2.42. The average molecular weight is 216 g/mol. The first-order chi connectivity index (χ1) is 7.63. The van der Waals surface area contributed by atoms with Crippen LogP contribution >= 0.6 is 0 Å². The van der Waals surface area contributed by atoms with Crippen molar-refractivity contribution in [2.45, 2.75) is 31.6 Å². The van der Waals surface area contributed by atoms with Gasteiger partial charge in [0, 0.05) is 5.41 Å². The molecule has 0 aromatic heterocycles. The van der Waals surface area contributed by atoms with Gasteiger partial charge >= 0.3 is 5.97 Å². The molecule has 2 rings (SSSR count). The standard InChI is InChI=1S/C14H16O2/c1-14(11-6-3-2-4-7-11)9-5-8-12(14)10-13(15)16/h2-4,6-8H,5,9-10H2,1H3,(H,15,16). The molecule has 16 heavy (non-hydrogen) atoms. The average Bonchev–Trinajstić information content (AvgIpc) is 2.62. The van der Waals surface area contributed by atoms with Crippen LogP contribution in [0.4, 0.5) is 0 Å². The lowest BCUT2D eigenvalue weighted by atomic mass is 9.76. The summed E-state index contributed by atoms with van der Waals surface area (Å²) in [4.78, 5) is 10.8. The van der Waals surface area contributed by atoms with Crippen LogP contribution in [-0.2, 0) is 10.2 Å². The maximum Gasteiger partial charge on any atom is 0.307 e. The van der Waals surface area contributed by atoms with E-state index in [0.29, 0.717) is 0 Å². The summed E-state index contributed by atoms with van der Waals surface area (Å²) in [5.74, 6) is -0.740. The Labute approximate surface area is 95.6 Å². The Hall–Kier alpha value is -1.57. The van der Waals surface area contributed by atoms with Gasteiger partial charge in [0.15, 0.2) is 0 Å². The Morgan fingerprint density at radius 2 is 2.06 bits per heavy atom. The Balaban J connectivity index is 2.32. The van der Waals surface area contributed by atoms with Gasteiger partial charge in [-0.3, -0.25) is 4.79 Å². The maximum atomic E-state index is 10.8. The van der Waals surface area contributed by atoms with E-state index in [9.17, 15) is 4.79 Å². The number of hydrogen-bond donors (Lipinski definition) is 1. The minimum absolute atomic E-state index is 0.0837. The van der Waals surface area contributed by atoms with Crippen molar-refractivity contribution in [2.75, 3.05) is 0 Å². The van der Waals surface area contributed by atoms with E-state index in [1.807, 2.05) is 18.2 Å². The number of carboxylic acids is 1. The largest absolute Gasteiger partial charge is 0.481 e. The van der Waals surface area contributed by atoms with Crippen LogP contribution in [0.2, 0.25) is 0 Å². The summed E-state index contributed by atoms with van der Waals surface area (Å²) in [5.41, 5.74) is 2.19. The van der Waals surface area contributed by atoms with Crippen LogP contribution in [0, 0.1) is 0 Å². The van der Waals surface area contributed by atoms with E-state index in [2.05, 4.69) is 25.1 Å². The van der Waals surface area contributed by atoms with E-state index in [4.69, 9.17) is 5.11 Å². The second-order valence-electron chi connectivity index (χ2n) is 4.54. The van der Waals surface area contributed by atoms with Gasteiger partial charge in [-0.1, -0.05) is 48.9 Å². The van der Waals surface area contributed by atoms with Crippen molar-refractivity contribution < 1.29 is 9.90 Å². The number of rotatable bonds is 3. The molecule has 0 spiro atoms. The smallest absolute Gasteiger partial charge is 0.307 e. The molecule has 0 heterocycles. The lowest BCUT2D eigenvalue weighted by Gasteiger charge is -2.28. The van der Waals surface area contributed by atoms with E-state index in [1.165, 1.54) is 5.56 Å². The zero-order valence-electron chi connectivity index (χ0n) is 9.44. The highest BCUT2D eigenvalue weighted by molar-refractivity contribution is 5.71.